The lowest BCUT2D eigenvalue weighted by molar-refractivity contribution is 0.370. The van der Waals surface area contributed by atoms with Gasteiger partial charge in [-0.2, -0.15) is 0 Å². The minimum absolute atomic E-state index is 0.232. The Bertz CT molecular complexity index is 1150. The molecule has 0 aliphatic heterocycles. The first-order chi connectivity index (χ1) is 13.6. The normalized spacial score (nSPS) is 10.5. The van der Waals surface area contributed by atoms with E-state index in [2.05, 4.69) is 26.9 Å². The summed E-state index contributed by atoms with van der Waals surface area (Å²) >= 11 is 0. The maximum atomic E-state index is 5.99. The molecule has 0 fully saturated rings. The van der Waals surface area contributed by atoms with Crippen molar-refractivity contribution in [2.45, 2.75) is 0 Å². The van der Waals surface area contributed by atoms with Gasteiger partial charge < -0.3 is 19.8 Å². The molecule has 3 heterocycles. The molecule has 0 atom stereocenters. The second-order valence-electron chi connectivity index (χ2n) is 6.17. The van der Waals surface area contributed by atoms with Crippen LogP contribution in [0.15, 0.2) is 53.3 Å². The Kier molecular flexibility index (Phi) is 4.56. The molecule has 0 aliphatic carbocycles. The standard InChI is InChI=1S/C20H18N6O2/c1-25(2)15-7-9-16(10-8-15)27-11-3-5-14-13-26-20(18(21)22-14)23-19(24-26)17-6-4-12-28-17/h4,6-10,12-13H,11H2,1-2H3,(H2,21,22). The molecule has 0 aliphatic rings. The van der Waals surface area contributed by atoms with Crippen LogP contribution in [0.3, 0.4) is 0 Å². The number of anilines is 2. The molecule has 140 valence electrons. The molecular formula is C20H18N6O2. The van der Waals surface area contributed by atoms with Crippen LogP contribution >= 0.6 is 0 Å². The summed E-state index contributed by atoms with van der Waals surface area (Å²) in [6.07, 6.45) is 3.23. The largest absolute Gasteiger partial charge is 0.481 e. The third-order valence-electron chi connectivity index (χ3n) is 3.97. The van der Waals surface area contributed by atoms with E-state index in [4.69, 9.17) is 14.9 Å². The maximum absolute atomic E-state index is 5.99. The number of aromatic nitrogens is 4. The van der Waals surface area contributed by atoms with Crippen LogP contribution in [0.4, 0.5) is 11.5 Å². The highest BCUT2D eigenvalue weighted by molar-refractivity contribution is 5.63. The van der Waals surface area contributed by atoms with Gasteiger partial charge in [0.2, 0.25) is 5.82 Å². The zero-order chi connectivity index (χ0) is 19.5. The van der Waals surface area contributed by atoms with Crippen LogP contribution in [-0.2, 0) is 0 Å². The number of rotatable bonds is 4. The lowest BCUT2D eigenvalue weighted by Crippen LogP contribution is -2.08. The van der Waals surface area contributed by atoms with Crippen molar-refractivity contribution in [2.24, 2.45) is 0 Å². The highest BCUT2D eigenvalue weighted by Crippen LogP contribution is 2.19. The molecule has 0 spiro atoms. The molecule has 28 heavy (non-hydrogen) atoms. The molecular weight excluding hydrogens is 356 g/mol. The summed E-state index contributed by atoms with van der Waals surface area (Å²) in [5, 5.41) is 4.36. The molecule has 3 aromatic heterocycles. The molecule has 0 amide bonds. The van der Waals surface area contributed by atoms with E-state index in [1.807, 2.05) is 43.3 Å². The molecule has 8 heteroatoms. The number of fused-ring (bicyclic) bond motifs is 1. The Labute approximate surface area is 161 Å². The second kappa shape index (κ2) is 7.32. The van der Waals surface area contributed by atoms with Gasteiger partial charge in [-0.15, -0.1) is 5.10 Å². The Morgan fingerprint density at radius 1 is 1.18 bits per heavy atom. The summed E-state index contributed by atoms with van der Waals surface area (Å²) in [4.78, 5) is 10.6. The van der Waals surface area contributed by atoms with Crippen LogP contribution in [0.25, 0.3) is 17.2 Å². The minimum Gasteiger partial charge on any atom is -0.481 e. The average molecular weight is 374 g/mol. The van der Waals surface area contributed by atoms with Gasteiger partial charge in [-0.3, -0.25) is 0 Å². The van der Waals surface area contributed by atoms with E-state index in [9.17, 15) is 0 Å². The molecule has 0 saturated carbocycles. The minimum atomic E-state index is 0.232. The summed E-state index contributed by atoms with van der Waals surface area (Å²) in [6.45, 7) is 0.232. The zero-order valence-corrected chi connectivity index (χ0v) is 15.5. The maximum Gasteiger partial charge on any atom is 0.218 e. The van der Waals surface area contributed by atoms with Crippen LogP contribution in [0.5, 0.6) is 5.75 Å². The van der Waals surface area contributed by atoms with Crippen LogP contribution in [-0.4, -0.2) is 40.3 Å². The molecule has 4 rings (SSSR count). The summed E-state index contributed by atoms with van der Waals surface area (Å²) in [5.74, 6) is 7.87. The monoisotopic (exact) mass is 374 g/mol. The molecule has 0 saturated heterocycles. The first-order valence-corrected chi connectivity index (χ1v) is 8.56. The number of hydrogen-bond donors (Lipinski definition) is 1. The fraction of sp³-hybridized carbons (Fsp3) is 0.150. The van der Waals surface area contributed by atoms with Gasteiger partial charge in [0.05, 0.1) is 12.5 Å². The van der Waals surface area contributed by atoms with Gasteiger partial charge >= 0.3 is 0 Å². The van der Waals surface area contributed by atoms with E-state index < -0.39 is 0 Å². The first kappa shape index (κ1) is 17.4. The van der Waals surface area contributed by atoms with Gasteiger partial charge in [-0.1, -0.05) is 5.92 Å². The third-order valence-corrected chi connectivity index (χ3v) is 3.97. The van der Waals surface area contributed by atoms with E-state index in [0.717, 1.165) is 11.4 Å². The number of nitrogens with two attached hydrogens (primary N) is 1. The molecule has 8 nitrogen and oxygen atoms in total. The van der Waals surface area contributed by atoms with Gasteiger partial charge in [0.15, 0.2) is 17.2 Å². The van der Waals surface area contributed by atoms with Crippen LogP contribution in [0.1, 0.15) is 5.69 Å². The van der Waals surface area contributed by atoms with Gasteiger partial charge in [0, 0.05) is 19.8 Å². The van der Waals surface area contributed by atoms with Crippen molar-refractivity contribution in [3.05, 3.63) is 54.6 Å². The highest BCUT2D eigenvalue weighted by Gasteiger charge is 2.12. The summed E-state index contributed by atoms with van der Waals surface area (Å²) in [6, 6.07) is 11.3. The van der Waals surface area contributed by atoms with Crippen LogP contribution < -0.4 is 15.4 Å². The van der Waals surface area contributed by atoms with E-state index >= 15 is 0 Å². The lowest BCUT2D eigenvalue weighted by atomic mass is 10.3. The SMILES string of the molecule is CN(C)c1ccc(OCC#Cc2cn3nc(-c4ccco4)nc3c(N)n2)cc1. The molecule has 0 unspecified atom stereocenters. The van der Waals surface area contributed by atoms with Crippen molar-refractivity contribution in [1.29, 1.82) is 0 Å². The summed E-state index contributed by atoms with van der Waals surface area (Å²) < 4.78 is 12.5. The molecule has 0 radical (unpaired) electrons. The predicted octanol–water partition coefficient (Wildman–Crippen LogP) is 2.46. The third kappa shape index (κ3) is 3.59. The molecule has 4 aromatic rings. The number of ether oxygens (including phenoxy) is 1. The average Bonchev–Trinajstić information content (AvgIpc) is 3.35. The van der Waals surface area contributed by atoms with Crippen molar-refractivity contribution >= 4 is 17.2 Å². The van der Waals surface area contributed by atoms with Crippen LogP contribution in [0.2, 0.25) is 0 Å². The summed E-state index contributed by atoms with van der Waals surface area (Å²) in [7, 11) is 3.98. The lowest BCUT2D eigenvalue weighted by Gasteiger charge is -2.12. The van der Waals surface area contributed by atoms with Crippen molar-refractivity contribution in [3.63, 3.8) is 0 Å². The van der Waals surface area contributed by atoms with Crippen molar-refractivity contribution in [1.82, 2.24) is 19.6 Å². The number of benzene rings is 1. The van der Waals surface area contributed by atoms with Crippen molar-refractivity contribution in [2.75, 3.05) is 31.3 Å². The zero-order valence-electron chi connectivity index (χ0n) is 15.5. The van der Waals surface area contributed by atoms with E-state index in [1.165, 1.54) is 0 Å². The van der Waals surface area contributed by atoms with Gasteiger partial charge in [0.25, 0.3) is 0 Å². The van der Waals surface area contributed by atoms with E-state index in [0.29, 0.717) is 22.9 Å². The predicted molar refractivity (Wildman–Crippen MR) is 106 cm³/mol. The number of nitrogens with zero attached hydrogens (tertiary/aromatic N) is 5. The Hall–Kier alpha value is -3.99. The quantitative estimate of drug-likeness (QED) is 0.548. The van der Waals surface area contributed by atoms with Crippen molar-refractivity contribution < 1.29 is 9.15 Å². The molecule has 0 bridgehead atoms. The van der Waals surface area contributed by atoms with E-state index in [1.54, 1.807) is 29.1 Å². The Morgan fingerprint density at radius 3 is 2.71 bits per heavy atom. The van der Waals surface area contributed by atoms with Gasteiger partial charge in [-0.25, -0.2) is 14.5 Å². The van der Waals surface area contributed by atoms with Gasteiger partial charge in [0.1, 0.15) is 18.1 Å². The first-order valence-electron chi connectivity index (χ1n) is 8.56. The Balaban J connectivity index is 1.48. The number of furan rings is 1. The number of nitrogen functional groups attached to an aromatic ring is 1. The summed E-state index contributed by atoms with van der Waals surface area (Å²) in [5.41, 5.74) is 8.03. The smallest absolute Gasteiger partial charge is 0.218 e. The van der Waals surface area contributed by atoms with Gasteiger partial charge in [-0.05, 0) is 42.3 Å². The topological polar surface area (TPSA) is 94.7 Å². The molecule has 2 N–H and O–H groups in total. The Morgan fingerprint density at radius 2 is 2.00 bits per heavy atom. The molecule has 1 aromatic carbocycles. The fourth-order valence-corrected chi connectivity index (χ4v) is 2.57. The fourth-order valence-electron chi connectivity index (χ4n) is 2.57. The van der Waals surface area contributed by atoms with E-state index in [-0.39, 0.29) is 12.4 Å². The van der Waals surface area contributed by atoms with Crippen LogP contribution in [0, 0.1) is 11.8 Å². The highest BCUT2D eigenvalue weighted by atomic mass is 16.5. The van der Waals surface area contributed by atoms with Crippen molar-refractivity contribution in [3.8, 4) is 29.2 Å². The second-order valence-corrected chi connectivity index (χ2v) is 6.17. The number of hydrogen-bond acceptors (Lipinski definition) is 7.